The highest BCUT2D eigenvalue weighted by atomic mass is 32.2. The number of carbonyl (C=O) groups is 4. The fourth-order valence-electron chi connectivity index (χ4n) is 1.36. The summed E-state index contributed by atoms with van der Waals surface area (Å²) in [5.41, 5.74) is 0. The number of hydrogen-bond acceptors (Lipinski definition) is 5. The highest BCUT2D eigenvalue weighted by molar-refractivity contribution is 8.00. The molecular weight excluding hydrogens is 298 g/mol. The van der Waals surface area contributed by atoms with Gasteiger partial charge in [-0.05, 0) is 26.0 Å². The quantitative estimate of drug-likeness (QED) is 0.496. The van der Waals surface area contributed by atoms with Gasteiger partial charge in [0.1, 0.15) is 6.04 Å². The molecule has 4 amide bonds. The molecule has 0 aliphatic rings. The summed E-state index contributed by atoms with van der Waals surface area (Å²) < 4.78 is 0. The predicted molar refractivity (Wildman–Crippen MR) is 79.0 cm³/mol. The van der Waals surface area contributed by atoms with E-state index < -0.39 is 35.1 Å². The number of carboxylic acid groups (broad SMARTS) is 1. The Kier molecular flexibility index (Phi) is 9.18. The van der Waals surface area contributed by atoms with Crippen LogP contribution in [0, 0.1) is 0 Å². The molecule has 0 aromatic rings. The lowest BCUT2D eigenvalue weighted by Gasteiger charge is -2.15. The zero-order chi connectivity index (χ0) is 16.4. The number of thioether (sulfide) groups is 1. The summed E-state index contributed by atoms with van der Waals surface area (Å²) in [7, 11) is 0. The van der Waals surface area contributed by atoms with Crippen LogP contribution in [-0.4, -0.2) is 52.5 Å². The van der Waals surface area contributed by atoms with E-state index in [0.717, 1.165) is 0 Å². The van der Waals surface area contributed by atoms with Crippen LogP contribution in [0.25, 0.3) is 0 Å². The monoisotopic (exact) mass is 319 g/mol. The number of hydrogen-bond donors (Lipinski definition) is 4. The number of rotatable bonds is 8. The molecule has 0 aliphatic heterocycles. The molecule has 0 bridgehead atoms. The molecule has 0 heterocycles. The second-order valence-corrected chi connectivity index (χ2v) is 5.69. The van der Waals surface area contributed by atoms with Gasteiger partial charge in [-0.2, -0.15) is 0 Å². The third kappa shape index (κ3) is 8.90. The van der Waals surface area contributed by atoms with E-state index in [1.165, 1.54) is 18.7 Å². The molecule has 0 rings (SSSR count). The molecule has 120 valence electrons. The summed E-state index contributed by atoms with van der Waals surface area (Å²) in [5, 5.41) is 15.3. The molecule has 0 spiro atoms. The fraction of sp³-hybridized carbons (Fsp3) is 0.667. The molecule has 0 aromatic carbocycles. The van der Waals surface area contributed by atoms with E-state index in [1.807, 2.05) is 0 Å². The molecule has 2 atom stereocenters. The summed E-state index contributed by atoms with van der Waals surface area (Å²) in [6.07, 6.45) is 0.193. The smallest absolute Gasteiger partial charge is 0.326 e. The van der Waals surface area contributed by atoms with Crippen LogP contribution in [0.4, 0.5) is 4.79 Å². The Labute approximate surface area is 127 Å². The van der Waals surface area contributed by atoms with Crippen LogP contribution in [0.2, 0.25) is 0 Å². The van der Waals surface area contributed by atoms with Crippen molar-refractivity contribution >= 4 is 35.6 Å². The van der Waals surface area contributed by atoms with Gasteiger partial charge in [0.05, 0.1) is 5.25 Å². The van der Waals surface area contributed by atoms with Gasteiger partial charge in [0.15, 0.2) is 0 Å². The molecule has 2 unspecified atom stereocenters. The van der Waals surface area contributed by atoms with Crippen molar-refractivity contribution < 1.29 is 24.3 Å². The lowest BCUT2D eigenvalue weighted by atomic mass is 10.2. The van der Waals surface area contributed by atoms with Crippen molar-refractivity contribution in [1.29, 1.82) is 0 Å². The molecule has 21 heavy (non-hydrogen) atoms. The van der Waals surface area contributed by atoms with Gasteiger partial charge in [-0.25, -0.2) is 9.59 Å². The zero-order valence-electron chi connectivity index (χ0n) is 12.3. The Morgan fingerprint density at radius 3 is 2.33 bits per heavy atom. The van der Waals surface area contributed by atoms with E-state index in [4.69, 9.17) is 5.11 Å². The number of nitrogens with one attached hydrogen (secondary N) is 3. The second kappa shape index (κ2) is 10.0. The van der Waals surface area contributed by atoms with Gasteiger partial charge in [0.2, 0.25) is 11.8 Å². The van der Waals surface area contributed by atoms with E-state index in [9.17, 15) is 19.2 Å². The summed E-state index contributed by atoms with van der Waals surface area (Å²) in [6, 6.07) is -1.54. The van der Waals surface area contributed by atoms with Crippen LogP contribution >= 0.6 is 11.8 Å². The van der Waals surface area contributed by atoms with Gasteiger partial charge in [-0.1, -0.05) is 0 Å². The van der Waals surface area contributed by atoms with Crippen LogP contribution in [0.1, 0.15) is 27.2 Å². The Bertz CT molecular complexity index is 402. The first-order chi connectivity index (χ1) is 9.77. The second-order valence-electron chi connectivity index (χ2n) is 4.24. The first kappa shape index (κ1) is 19.2. The number of imide groups is 1. The molecule has 0 radical (unpaired) electrons. The SMILES string of the molecule is CCNC(=O)NC(=O)C(C)SCCC(NC(C)=O)C(=O)O. The van der Waals surface area contributed by atoms with Crippen LogP contribution in [0.15, 0.2) is 0 Å². The van der Waals surface area contributed by atoms with Crippen molar-refractivity contribution in [3.8, 4) is 0 Å². The molecule has 0 fully saturated rings. The fourth-order valence-corrected chi connectivity index (χ4v) is 2.30. The van der Waals surface area contributed by atoms with Gasteiger partial charge in [-0.15, -0.1) is 11.8 Å². The minimum atomic E-state index is -1.12. The largest absolute Gasteiger partial charge is 0.480 e. The molecule has 9 heteroatoms. The maximum atomic E-state index is 11.6. The number of urea groups is 1. The van der Waals surface area contributed by atoms with E-state index in [2.05, 4.69) is 16.0 Å². The van der Waals surface area contributed by atoms with Crippen LogP contribution in [0.5, 0.6) is 0 Å². The summed E-state index contributed by atoms with van der Waals surface area (Å²) in [5.74, 6) is -1.63. The average Bonchev–Trinajstić information content (AvgIpc) is 2.36. The van der Waals surface area contributed by atoms with Gasteiger partial charge in [-0.3, -0.25) is 14.9 Å². The van der Waals surface area contributed by atoms with Crippen molar-refractivity contribution in [2.45, 2.75) is 38.5 Å². The molecular formula is C12H21N3O5S. The highest BCUT2D eigenvalue weighted by Crippen LogP contribution is 2.13. The molecule has 8 nitrogen and oxygen atoms in total. The number of amides is 4. The average molecular weight is 319 g/mol. The van der Waals surface area contributed by atoms with Crippen molar-refractivity contribution in [2.75, 3.05) is 12.3 Å². The Morgan fingerprint density at radius 1 is 1.24 bits per heavy atom. The predicted octanol–water partition coefficient (Wildman–Crippen LogP) is -0.0668. The molecule has 0 aliphatic carbocycles. The first-order valence-corrected chi connectivity index (χ1v) is 7.53. The van der Waals surface area contributed by atoms with Gasteiger partial charge in [0.25, 0.3) is 0 Å². The van der Waals surface area contributed by atoms with Crippen molar-refractivity contribution in [3.05, 3.63) is 0 Å². The minimum Gasteiger partial charge on any atom is -0.480 e. The van der Waals surface area contributed by atoms with E-state index in [0.29, 0.717) is 12.3 Å². The number of carboxylic acids is 1. The van der Waals surface area contributed by atoms with Crippen LogP contribution < -0.4 is 16.0 Å². The van der Waals surface area contributed by atoms with Gasteiger partial charge >= 0.3 is 12.0 Å². The normalized spacial score (nSPS) is 12.9. The third-order valence-corrected chi connectivity index (χ3v) is 3.58. The number of aliphatic carboxylic acids is 1. The summed E-state index contributed by atoms with van der Waals surface area (Å²) >= 11 is 1.21. The molecule has 0 saturated heterocycles. The summed E-state index contributed by atoms with van der Waals surface area (Å²) in [4.78, 5) is 44.6. The van der Waals surface area contributed by atoms with E-state index in [1.54, 1.807) is 13.8 Å². The molecule has 0 aromatic heterocycles. The van der Waals surface area contributed by atoms with Crippen LogP contribution in [0.3, 0.4) is 0 Å². The molecule has 0 saturated carbocycles. The zero-order valence-corrected chi connectivity index (χ0v) is 13.1. The lowest BCUT2D eigenvalue weighted by molar-refractivity contribution is -0.141. The van der Waals surface area contributed by atoms with Crippen molar-refractivity contribution in [2.24, 2.45) is 0 Å². The van der Waals surface area contributed by atoms with Crippen LogP contribution in [-0.2, 0) is 14.4 Å². The minimum absolute atomic E-state index is 0.193. The van der Waals surface area contributed by atoms with Gasteiger partial charge < -0.3 is 15.7 Å². The van der Waals surface area contributed by atoms with E-state index in [-0.39, 0.29) is 6.42 Å². The lowest BCUT2D eigenvalue weighted by Crippen LogP contribution is -2.43. The standard InChI is InChI=1S/C12H21N3O5S/c1-4-13-12(20)15-10(17)7(2)21-6-5-9(11(18)19)14-8(3)16/h7,9H,4-6H2,1-3H3,(H,14,16)(H,18,19)(H2,13,15,17,20). The van der Waals surface area contributed by atoms with Crippen molar-refractivity contribution in [3.63, 3.8) is 0 Å². The maximum absolute atomic E-state index is 11.6. The Morgan fingerprint density at radius 2 is 1.86 bits per heavy atom. The van der Waals surface area contributed by atoms with Gasteiger partial charge in [0, 0.05) is 13.5 Å². The van der Waals surface area contributed by atoms with Crippen molar-refractivity contribution in [1.82, 2.24) is 16.0 Å². The maximum Gasteiger partial charge on any atom is 0.326 e. The first-order valence-electron chi connectivity index (χ1n) is 6.48. The molecule has 4 N–H and O–H groups in total. The van der Waals surface area contributed by atoms with E-state index >= 15 is 0 Å². The third-order valence-electron chi connectivity index (χ3n) is 2.39. The topological polar surface area (TPSA) is 125 Å². The highest BCUT2D eigenvalue weighted by Gasteiger charge is 2.20. The Hall–Kier alpha value is -1.77. The Balaban J connectivity index is 4.13. The summed E-state index contributed by atoms with van der Waals surface area (Å²) in [6.45, 7) is 5.01. The number of carbonyl (C=O) groups excluding carboxylic acids is 3.